The summed E-state index contributed by atoms with van der Waals surface area (Å²) in [4.78, 5) is 27.3. The molecule has 0 radical (unpaired) electrons. The summed E-state index contributed by atoms with van der Waals surface area (Å²) in [7, 11) is 1.72. The van der Waals surface area contributed by atoms with Crippen molar-refractivity contribution in [3.63, 3.8) is 0 Å². The number of rotatable bonds is 7. The van der Waals surface area contributed by atoms with Crippen molar-refractivity contribution in [1.29, 1.82) is 0 Å². The van der Waals surface area contributed by atoms with Crippen molar-refractivity contribution in [2.45, 2.75) is 26.7 Å². The third-order valence-electron chi connectivity index (χ3n) is 5.82. The molecule has 0 bridgehead atoms. The molecule has 1 aliphatic heterocycles. The molecule has 1 N–H and O–H groups in total. The quantitative estimate of drug-likeness (QED) is 0.310. The summed E-state index contributed by atoms with van der Waals surface area (Å²) in [6.07, 6.45) is 0.626. The Morgan fingerprint density at radius 1 is 1.31 bits per heavy atom. The standard InChI is InChI=1S/C24H29FN4O3/c1-5-28(15-31)23(14-30)26-27(4)17-10-11-18-19(12-17)20(16(2)3)13-29(24(18)32)22-9-7-6-8-21(22)25/h6-12,15-16,20,30H,5,13-14H2,1-4H3/b26-23-. The van der Waals surface area contributed by atoms with Crippen molar-refractivity contribution in [3.05, 3.63) is 59.4 Å². The Labute approximate surface area is 187 Å². The number of carbonyl (C=O) groups is 2. The van der Waals surface area contributed by atoms with Crippen LogP contribution in [0.25, 0.3) is 0 Å². The van der Waals surface area contributed by atoms with Crippen molar-refractivity contribution in [3.8, 4) is 0 Å². The second-order valence-corrected chi connectivity index (χ2v) is 8.08. The topological polar surface area (TPSA) is 76.5 Å². The van der Waals surface area contributed by atoms with Gasteiger partial charge in [-0.3, -0.25) is 19.5 Å². The first-order valence-corrected chi connectivity index (χ1v) is 10.7. The number of aliphatic hydroxyl groups is 1. The molecule has 7 nitrogen and oxygen atoms in total. The molecule has 170 valence electrons. The number of carbonyl (C=O) groups excluding carboxylic acids is 2. The number of halogens is 1. The fourth-order valence-electron chi connectivity index (χ4n) is 3.95. The Bertz CT molecular complexity index is 1020. The second-order valence-electron chi connectivity index (χ2n) is 8.08. The smallest absolute Gasteiger partial charge is 0.258 e. The van der Waals surface area contributed by atoms with Crippen molar-refractivity contribution >= 4 is 29.5 Å². The highest BCUT2D eigenvalue weighted by Crippen LogP contribution is 2.38. The van der Waals surface area contributed by atoms with Crippen molar-refractivity contribution in [2.24, 2.45) is 11.0 Å². The Morgan fingerprint density at radius 3 is 2.62 bits per heavy atom. The molecule has 1 heterocycles. The molecule has 0 saturated heterocycles. The zero-order valence-corrected chi connectivity index (χ0v) is 18.8. The van der Waals surface area contributed by atoms with E-state index in [4.69, 9.17) is 0 Å². The zero-order chi connectivity index (χ0) is 23.4. The Hall–Kier alpha value is -3.26. The van der Waals surface area contributed by atoms with E-state index >= 15 is 0 Å². The summed E-state index contributed by atoms with van der Waals surface area (Å²) in [6.45, 7) is 6.32. The highest BCUT2D eigenvalue weighted by atomic mass is 19.1. The van der Waals surface area contributed by atoms with Gasteiger partial charge >= 0.3 is 0 Å². The molecule has 0 aromatic heterocycles. The minimum Gasteiger partial charge on any atom is -0.388 e. The van der Waals surface area contributed by atoms with E-state index in [0.717, 1.165) is 11.3 Å². The number of anilines is 2. The third-order valence-corrected chi connectivity index (χ3v) is 5.82. The van der Waals surface area contributed by atoms with Crippen LogP contribution in [0.2, 0.25) is 0 Å². The number of para-hydroxylation sites is 1. The lowest BCUT2D eigenvalue weighted by Crippen LogP contribution is -2.42. The fourth-order valence-corrected chi connectivity index (χ4v) is 3.95. The van der Waals surface area contributed by atoms with Gasteiger partial charge in [0, 0.05) is 31.6 Å². The van der Waals surface area contributed by atoms with Crippen LogP contribution in [0, 0.1) is 11.7 Å². The molecule has 8 heteroatoms. The minimum absolute atomic E-state index is 0.000867. The molecule has 0 saturated carbocycles. The van der Waals surface area contributed by atoms with Gasteiger partial charge in [-0.15, -0.1) is 0 Å². The number of hydrazone groups is 1. The van der Waals surface area contributed by atoms with E-state index in [1.807, 2.05) is 6.07 Å². The largest absolute Gasteiger partial charge is 0.388 e. The number of fused-ring (bicyclic) bond motifs is 1. The van der Waals surface area contributed by atoms with Gasteiger partial charge in [-0.2, -0.15) is 5.10 Å². The highest BCUT2D eigenvalue weighted by molar-refractivity contribution is 6.09. The predicted molar refractivity (Wildman–Crippen MR) is 123 cm³/mol. The molecular formula is C24H29FN4O3. The van der Waals surface area contributed by atoms with Crippen molar-refractivity contribution in [2.75, 3.05) is 36.7 Å². The monoisotopic (exact) mass is 440 g/mol. The Morgan fingerprint density at radius 2 is 2.03 bits per heavy atom. The van der Waals surface area contributed by atoms with E-state index in [2.05, 4.69) is 18.9 Å². The summed E-state index contributed by atoms with van der Waals surface area (Å²) in [5.41, 5.74) is 2.41. The third kappa shape index (κ3) is 4.50. The van der Waals surface area contributed by atoms with Crippen LogP contribution < -0.4 is 9.91 Å². The maximum Gasteiger partial charge on any atom is 0.258 e. The minimum atomic E-state index is -0.426. The number of hydrogen-bond donors (Lipinski definition) is 1. The maximum atomic E-state index is 14.4. The van der Waals surface area contributed by atoms with E-state index < -0.39 is 5.82 Å². The van der Waals surface area contributed by atoms with Crippen molar-refractivity contribution < 1.29 is 19.1 Å². The van der Waals surface area contributed by atoms with Crippen LogP contribution in [-0.2, 0) is 4.79 Å². The Kier molecular flexibility index (Phi) is 7.25. The van der Waals surface area contributed by atoms with Gasteiger partial charge in [0.05, 0.1) is 11.4 Å². The van der Waals surface area contributed by atoms with E-state index in [-0.39, 0.29) is 35.9 Å². The summed E-state index contributed by atoms with van der Waals surface area (Å²) in [6, 6.07) is 11.7. The average molecular weight is 441 g/mol. The number of aliphatic hydroxyl groups excluding tert-OH is 1. The molecule has 1 unspecified atom stereocenters. The summed E-state index contributed by atoms with van der Waals surface area (Å²) < 4.78 is 14.4. The summed E-state index contributed by atoms with van der Waals surface area (Å²) >= 11 is 0. The van der Waals surface area contributed by atoms with E-state index in [1.165, 1.54) is 15.9 Å². The summed E-state index contributed by atoms with van der Waals surface area (Å²) in [5.74, 6) is -0.235. The zero-order valence-electron chi connectivity index (χ0n) is 18.8. The molecule has 0 spiro atoms. The molecule has 2 aromatic rings. The molecule has 2 amide bonds. The molecular weight excluding hydrogens is 411 g/mol. The van der Waals surface area contributed by atoms with Gasteiger partial charge in [-0.1, -0.05) is 26.0 Å². The first-order chi connectivity index (χ1) is 15.3. The lowest BCUT2D eigenvalue weighted by Gasteiger charge is -2.37. The van der Waals surface area contributed by atoms with Gasteiger partial charge in [0.2, 0.25) is 6.41 Å². The van der Waals surface area contributed by atoms with Gasteiger partial charge in [0.1, 0.15) is 12.4 Å². The maximum absolute atomic E-state index is 14.4. The molecule has 1 atom stereocenters. The predicted octanol–water partition coefficient (Wildman–Crippen LogP) is 3.45. The molecule has 1 aliphatic rings. The van der Waals surface area contributed by atoms with Gasteiger partial charge in [0.15, 0.2) is 5.84 Å². The number of likely N-dealkylation sites (N-methyl/N-ethyl adjacent to an activating group) is 1. The van der Waals surface area contributed by atoms with Gasteiger partial charge in [0.25, 0.3) is 5.91 Å². The molecule has 0 fully saturated rings. The van der Waals surface area contributed by atoms with E-state index in [9.17, 15) is 19.1 Å². The normalized spacial score (nSPS) is 16.2. The van der Waals surface area contributed by atoms with E-state index in [1.54, 1.807) is 49.3 Å². The first kappa shape index (κ1) is 23.4. The number of hydrogen-bond acceptors (Lipinski definition) is 5. The number of nitrogens with zero attached hydrogens (tertiary/aromatic N) is 4. The fraction of sp³-hybridized carbons (Fsp3) is 0.375. The van der Waals surface area contributed by atoms with Gasteiger partial charge in [-0.25, -0.2) is 4.39 Å². The van der Waals surface area contributed by atoms with E-state index in [0.29, 0.717) is 25.1 Å². The van der Waals surface area contributed by atoms with Crippen LogP contribution in [0.3, 0.4) is 0 Å². The number of amides is 2. The lowest BCUT2D eigenvalue weighted by atomic mass is 9.81. The van der Waals surface area contributed by atoms with Crippen LogP contribution in [0.15, 0.2) is 47.6 Å². The van der Waals surface area contributed by atoms with Crippen LogP contribution in [0.5, 0.6) is 0 Å². The Balaban J connectivity index is 2.01. The lowest BCUT2D eigenvalue weighted by molar-refractivity contribution is -0.114. The van der Waals surface area contributed by atoms with Crippen LogP contribution in [0.4, 0.5) is 15.8 Å². The average Bonchev–Trinajstić information content (AvgIpc) is 2.79. The summed E-state index contributed by atoms with van der Waals surface area (Å²) in [5, 5.41) is 15.6. The number of benzene rings is 2. The van der Waals surface area contributed by atoms with Gasteiger partial charge < -0.3 is 10.0 Å². The highest BCUT2D eigenvalue weighted by Gasteiger charge is 2.35. The first-order valence-electron chi connectivity index (χ1n) is 10.7. The molecule has 0 aliphatic carbocycles. The van der Waals surface area contributed by atoms with Crippen LogP contribution >= 0.6 is 0 Å². The van der Waals surface area contributed by atoms with Crippen LogP contribution in [0.1, 0.15) is 42.6 Å². The van der Waals surface area contributed by atoms with Gasteiger partial charge in [-0.05, 0) is 48.7 Å². The second kappa shape index (κ2) is 9.91. The van der Waals surface area contributed by atoms with Crippen molar-refractivity contribution in [1.82, 2.24) is 4.90 Å². The molecule has 32 heavy (non-hydrogen) atoms. The van der Waals surface area contributed by atoms with Crippen LogP contribution in [-0.4, -0.2) is 54.9 Å². The molecule has 2 aromatic carbocycles. The number of amidine groups is 1. The molecule has 3 rings (SSSR count). The SMILES string of the molecule is CCN(C=O)/C(CO)=N\N(C)c1ccc2c(c1)C(C(C)C)CN(c1ccccc1F)C2=O.